The van der Waals surface area contributed by atoms with E-state index in [0.29, 0.717) is 19.6 Å². The van der Waals surface area contributed by atoms with Crippen LogP contribution in [0.4, 0.5) is 0 Å². The van der Waals surface area contributed by atoms with E-state index in [9.17, 15) is 0 Å². The van der Waals surface area contributed by atoms with Crippen LogP contribution in [0.25, 0.3) is 0 Å². The van der Waals surface area contributed by atoms with Gasteiger partial charge in [0, 0.05) is 13.2 Å². The van der Waals surface area contributed by atoms with Crippen LogP contribution in [0, 0.1) is 0 Å². The molecule has 0 fully saturated rings. The predicted octanol–water partition coefficient (Wildman–Crippen LogP) is 1.52. The summed E-state index contributed by atoms with van der Waals surface area (Å²) >= 11 is 0. The van der Waals surface area contributed by atoms with Crippen LogP contribution < -0.4 is 0 Å². The lowest BCUT2D eigenvalue weighted by atomic mass is 10.2. The first-order valence-corrected chi connectivity index (χ1v) is 5.01. The fraction of sp³-hybridized carbons (Fsp3) is 1.00. The molecule has 86 valence electrons. The maximum Gasteiger partial charge on any atom is 0.272 e. The second-order valence-corrected chi connectivity index (χ2v) is 3.92. The second-order valence-electron chi connectivity index (χ2n) is 3.92. The molecule has 4 heteroatoms. The Morgan fingerprint density at radius 3 is 2.29 bits per heavy atom. The Morgan fingerprint density at radius 1 is 1.21 bits per heavy atom. The van der Waals surface area contributed by atoms with Crippen LogP contribution in [0.5, 0.6) is 0 Å². The molecule has 0 rings (SSSR count). The van der Waals surface area contributed by atoms with Gasteiger partial charge in [-0.2, -0.15) is 0 Å². The molecule has 0 aromatic heterocycles. The maximum atomic E-state index is 8.58. The molecule has 1 atom stereocenters. The average Bonchev–Trinajstić information content (AvgIpc) is 2.02. The second kappa shape index (κ2) is 7.17. The van der Waals surface area contributed by atoms with E-state index in [0.717, 1.165) is 0 Å². The summed E-state index contributed by atoms with van der Waals surface area (Å²) in [4.78, 5) is 0. The highest BCUT2D eigenvalue weighted by molar-refractivity contribution is 4.58. The van der Waals surface area contributed by atoms with Gasteiger partial charge in [-0.25, -0.2) is 0 Å². The fourth-order valence-corrected chi connectivity index (χ4v) is 0.785. The molecule has 0 radical (unpaired) electrons. The molecule has 0 aliphatic heterocycles. The molecule has 1 unspecified atom stereocenters. The Labute approximate surface area is 86.2 Å². The van der Waals surface area contributed by atoms with Gasteiger partial charge in [0.05, 0.1) is 12.2 Å². The van der Waals surface area contributed by atoms with Gasteiger partial charge in [0.1, 0.15) is 0 Å². The minimum atomic E-state index is -0.633. The Kier molecular flexibility index (Phi) is 7.09. The predicted molar refractivity (Wildman–Crippen MR) is 53.9 cm³/mol. The fourth-order valence-electron chi connectivity index (χ4n) is 0.785. The molecule has 1 N–H and O–H groups in total. The van der Waals surface area contributed by atoms with Crippen LogP contribution in [0.15, 0.2) is 0 Å². The van der Waals surface area contributed by atoms with Crippen molar-refractivity contribution < 1.29 is 19.3 Å². The van der Waals surface area contributed by atoms with Crippen molar-refractivity contribution in [2.45, 2.75) is 46.2 Å². The molecule has 0 spiro atoms. The van der Waals surface area contributed by atoms with Crippen molar-refractivity contribution in [2.24, 2.45) is 0 Å². The van der Waals surface area contributed by atoms with Gasteiger partial charge < -0.3 is 19.3 Å². The summed E-state index contributed by atoms with van der Waals surface area (Å²) in [5, 5.41) is 8.58. The van der Waals surface area contributed by atoms with Gasteiger partial charge in [-0.15, -0.1) is 0 Å². The molecule has 0 saturated heterocycles. The average molecular weight is 206 g/mol. The lowest BCUT2D eigenvalue weighted by molar-refractivity contribution is -0.317. The van der Waals surface area contributed by atoms with Crippen LogP contribution in [0.1, 0.15) is 34.1 Å². The van der Waals surface area contributed by atoms with Crippen molar-refractivity contribution in [1.29, 1.82) is 0 Å². The summed E-state index contributed by atoms with van der Waals surface area (Å²) in [5.74, 6) is 0. The SMILES string of the molecule is CCOC(OCCCO)OC(C)(C)C. The van der Waals surface area contributed by atoms with Gasteiger partial charge in [-0.3, -0.25) is 0 Å². The molecule has 0 bridgehead atoms. The quantitative estimate of drug-likeness (QED) is 0.507. The van der Waals surface area contributed by atoms with Crippen molar-refractivity contribution in [1.82, 2.24) is 0 Å². The van der Waals surface area contributed by atoms with Gasteiger partial charge in [0.2, 0.25) is 0 Å². The molecule has 0 saturated carbocycles. The van der Waals surface area contributed by atoms with Crippen molar-refractivity contribution in [3.8, 4) is 0 Å². The van der Waals surface area contributed by atoms with E-state index in [1.165, 1.54) is 0 Å². The lowest BCUT2D eigenvalue weighted by Crippen LogP contribution is -2.31. The van der Waals surface area contributed by atoms with Gasteiger partial charge in [-0.05, 0) is 34.1 Å². The molecule has 4 nitrogen and oxygen atoms in total. The Balaban J connectivity index is 3.77. The normalized spacial score (nSPS) is 14.4. The first kappa shape index (κ1) is 13.8. The molecule has 0 aromatic carbocycles. The summed E-state index contributed by atoms with van der Waals surface area (Å²) in [7, 11) is 0. The molecular formula is C10H22O4. The number of hydrogen-bond donors (Lipinski definition) is 1. The largest absolute Gasteiger partial charge is 0.396 e. The molecule has 0 heterocycles. The van der Waals surface area contributed by atoms with Gasteiger partial charge >= 0.3 is 0 Å². The van der Waals surface area contributed by atoms with Crippen molar-refractivity contribution in [3.05, 3.63) is 0 Å². The number of aliphatic hydroxyl groups excluding tert-OH is 1. The standard InChI is InChI=1S/C10H22O4/c1-5-12-9(13-8-6-7-11)14-10(2,3)4/h9,11H,5-8H2,1-4H3. The number of hydrogen-bond acceptors (Lipinski definition) is 4. The van der Waals surface area contributed by atoms with Crippen molar-refractivity contribution in [3.63, 3.8) is 0 Å². The zero-order valence-corrected chi connectivity index (χ0v) is 9.58. The first-order valence-electron chi connectivity index (χ1n) is 5.01. The van der Waals surface area contributed by atoms with E-state index < -0.39 is 6.48 Å². The van der Waals surface area contributed by atoms with Crippen molar-refractivity contribution in [2.75, 3.05) is 19.8 Å². The topological polar surface area (TPSA) is 47.9 Å². The Bertz CT molecular complexity index is 131. The van der Waals surface area contributed by atoms with E-state index >= 15 is 0 Å². The summed E-state index contributed by atoms with van der Waals surface area (Å²) in [5.41, 5.74) is -0.293. The van der Waals surface area contributed by atoms with Gasteiger partial charge in [0.25, 0.3) is 6.48 Å². The van der Waals surface area contributed by atoms with Crippen LogP contribution >= 0.6 is 0 Å². The third-order valence-electron chi connectivity index (χ3n) is 1.31. The molecular weight excluding hydrogens is 184 g/mol. The lowest BCUT2D eigenvalue weighted by Gasteiger charge is -2.26. The zero-order valence-electron chi connectivity index (χ0n) is 9.58. The third-order valence-corrected chi connectivity index (χ3v) is 1.31. The van der Waals surface area contributed by atoms with E-state index in [-0.39, 0.29) is 12.2 Å². The maximum absolute atomic E-state index is 8.58. The third kappa shape index (κ3) is 8.44. The van der Waals surface area contributed by atoms with Gasteiger partial charge in [-0.1, -0.05) is 0 Å². The molecule has 14 heavy (non-hydrogen) atoms. The highest BCUT2D eigenvalue weighted by Crippen LogP contribution is 2.12. The van der Waals surface area contributed by atoms with E-state index in [1.54, 1.807) is 0 Å². The van der Waals surface area contributed by atoms with Gasteiger partial charge in [0.15, 0.2) is 0 Å². The minimum absolute atomic E-state index is 0.119. The zero-order chi connectivity index (χ0) is 11.0. The van der Waals surface area contributed by atoms with Crippen molar-refractivity contribution >= 4 is 0 Å². The van der Waals surface area contributed by atoms with Crippen LogP contribution in [-0.2, 0) is 14.2 Å². The summed E-state index contributed by atoms with van der Waals surface area (Å²) < 4.78 is 16.0. The first-order chi connectivity index (χ1) is 6.49. The Morgan fingerprint density at radius 2 is 1.86 bits per heavy atom. The Hall–Kier alpha value is -0.160. The van der Waals surface area contributed by atoms with Crippen LogP contribution in [-0.4, -0.2) is 37.0 Å². The smallest absolute Gasteiger partial charge is 0.272 e. The highest BCUT2D eigenvalue weighted by atomic mass is 16.8. The molecule has 0 aliphatic rings. The highest BCUT2D eigenvalue weighted by Gasteiger charge is 2.19. The van der Waals surface area contributed by atoms with E-state index in [1.807, 2.05) is 27.7 Å². The number of rotatable bonds is 7. The van der Waals surface area contributed by atoms with Crippen LogP contribution in [0.3, 0.4) is 0 Å². The number of aliphatic hydroxyl groups is 1. The molecule has 0 amide bonds. The monoisotopic (exact) mass is 206 g/mol. The summed E-state index contributed by atoms with van der Waals surface area (Å²) in [6, 6.07) is 0. The molecule has 0 aliphatic carbocycles. The van der Waals surface area contributed by atoms with E-state index in [2.05, 4.69) is 0 Å². The van der Waals surface area contributed by atoms with Crippen LogP contribution in [0.2, 0.25) is 0 Å². The molecule has 0 aromatic rings. The minimum Gasteiger partial charge on any atom is -0.396 e. The summed E-state index contributed by atoms with van der Waals surface area (Å²) in [6.07, 6.45) is 0.594. The summed E-state index contributed by atoms with van der Waals surface area (Å²) in [6.45, 7) is 8.17. The number of ether oxygens (including phenoxy) is 3. The van der Waals surface area contributed by atoms with E-state index in [4.69, 9.17) is 19.3 Å².